The molecule has 3 rings (SSSR count). The highest BCUT2D eigenvalue weighted by atomic mass is 19.1. The molecule has 0 spiro atoms. The number of carboxylic acids is 1. The zero-order chi connectivity index (χ0) is 19.4. The first-order chi connectivity index (χ1) is 12.9. The van der Waals surface area contributed by atoms with Crippen LogP contribution in [-0.2, 0) is 20.9 Å². The van der Waals surface area contributed by atoms with Gasteiger partial charge in [0.25, 0.3) is 5.91 Å². The van der Waals surface area contributed by atoms with Gasteiger partial charge < -0.3 is 19.9 Å². The van der Waals surface area contributed by atoms with Gasteiger partial charge in [-0.1, -0.05) is 12.1 Å². The number of ether oxygens (including phenoxy) is 2. The van der Waals surface area contributed by atoms with Crippen LogP contribution in [0.25, 0.3) is 0 Å². The van der Waals surface area contributed by atoms with Gasteiger partial charge in [0.2, 0.25) is 0 Å². The van der Waals surface area contributed by atoms with E-state index in [0.29, 0.717) is 5.56 Å². The van der Waals surface area contributed by atoms with E-state index in [2.05, 4.69) is 5.32 Å². The van der Waals surface area contributed by atoms with Gasteiger partial charge >= 0.3 is 5.97 Å². The van der Waals surface area contributed by atoms with Crippen molar-refractivity contribution in [3.63, 3.8) is 0 Å². The topological polar surface area (TPSA) is 84.9 Å². The number of benzene rings is 2. The number of aliphatic carboxylic acids is 1. The molecule has 0 aliphatic carbocycles. The fourth-order valence-electron chi connectivity index (χ4n) is 2.72. The number of amides is 1. The van der Waals surface area contributed by atoms with Gasteiger partial charge in [-0.25, -0.2) is 13.6 Å². The van der Waals surface area contributed by atoms with Crippen LogP contribution in [0.3, 0.4) is 0 Å². The molecule has 142 valence electrons. The summed E-state index contributed by atoms with van der Waals surface area (Å²) in [4.78, 5) is 23.0. The Bertz CT molecular complexity index is 858. The summed E-state index contributed by atoms with van der Waals surface area (Å²) < 4.78 is 37.8. The van der Waals surface area contributed by atoms with E-state index in [9.17, 15) is 18.4 Å². The van der Waals surface area contributed by atoms with Crippen molar-refractivity contribution in [2.24, 2.45) is 0 Å². The first-order valence-corrected chi connectivity index (χ1v) is 8.28. The lowest BCUT2D eigenvalue weighted by Gasteiger charge is -2.13. The number of halogens is 2. The van der Waals surface area contributed by atoms with Crippen LogP contribution >= 0.6 is 0 Å². The molecule has 0 bridgehead atoms. The van der Waals surface area contributed by atoms with Gasteiger partial charge in [-0.05, 0) is 42.7 Å². The highest BCUT2D eigenvalue weighted by Crippen LogP contribution is 2.25. The van der Waals surface area contributed by atoms with Gasteiger partial charge in [-0.2, -0.15) is 0 Å². The number of carboxylic acid groups (broad SMARTS) is 1. The number of hydrogen-bond acceptors (Lipinski definition) is 4. The number of carbonyl (C=O) groups is 2. The lowest BCUT2D eigenvalue weighted by atomic mass is 10.2. The minimum absolute atomic E-state index is 0.00707. The van der Waals surface area contributed by atoms with Crippen LogP contribution in [0.1, 0.15) is 18.4 Å². The lowest BCUT2D eigenvalue weighted by Crippen LogP contribution is -2.29. The van der Waals surface area contributed by atoms with E-state index in [4.69, 9.17) is 14.6 Å². The van der Waals surface area contributed by atoms with Crippen molar-refractivity contribution >= 4 is 17.6 Å². The smallest absolute Gasteiger partial charge is 0.332 e. The molecule has 1 saturated heterocycles. The van der Waals surface area contributed by atoms with Gasteiger partial charge in [-0.15, -0.1) is 0 Å². The molecule has 2 aromatic rings. The van der Waals surface area contributed by atoms with E-state index >= 15 is 0 Å². The van der Waals surface area contributed by atoms with Crippen molar-refractivity contribution in [1.29, 1.82) is 0 Å². The van der Waals surface area contributed by atoms with E-state index in [1.807, 2.05) is 0 Å². The highest BCUT2D eigenvalue weighted by Gasteiger charge is 2.34. The summed E-state index contributed by atoms with van der Waals surface area (Å²) in [6.07, 6.45) is -1.37. The molecular weight excluding hydrogens is 360 g/mol. The van der Waals surface area contributed by atoms with Crippen molar-refractivity contribution in [3.05, 3.63) is 59.7 Å². The second-order valence-electron chi connectivity index (χ2n) is 6.08. The van der Waals surface area contributed by atoms with E-state index in [-0.39, 0.29) is 30.9 Å². The van der Waals surface area contributed by atoms with Crippen molar-refractivity contribution in [2.45, 2.75) is 31.7 Å². The zero-order valence-corrected chi connectivity index (χ0v) is 14.2. The molecular formula is C19H17F2NO5. The van der Waals surface area contributed by atoms with Crippen LogP contribution in [0.15, 0.2) is 42.5 Å². The largest absolute Gasteiger partial charge is 0.486 e. The predicted molar refractivity (Wildman–Crippen MR) is 91.3 cm³/mol. The molecule has 2 atom stereocenters. The van der Waals surface area contributed by atoms with Crippen molar-refractivity contribution in [1.82, 2.24) is 0 Å². The van der Waals surface area contributed by atoms with Gasteiger partial charge in [0.15, 0.2) is 17.7 Å². The Kier molecular flexibility index (Phi) is 5.66. The maximum Gasteiger partial charge on any atom is 0.332 e. The molecule has 0 radical (unpaired) electrons. The lowest BCUT2D eigenvalue weighted by molar-refractivity contribution is -0.150. The third-order valence-corrected chi connectivity index (χ3v) is 4.07. The van der Waals surface area contributed by atoms with E-state index in [0.717, 1.165) is 6.07 Å². The summed E-state index contributed by atoms with van der Waals surface area (Å²) in [5.41, 5.74) is 0.746. The van der Waals surface area contributed by atoms with Gasteiger partial charge in [0.1, 0.15) is 18.5 Å². The molecule has 0 unspecified atom stereocenters. The summed E-state index contributed by atoms with van der Waals surface area (Å²) >= 11 is 0. The van der Waals surface area contributed by atoms with Crippen molar-refractivity contribution in [2.75, 3.05) is 5.32 Å². The summed E-state index contributed by atoms with van der Waals surface area (Å²) in [5, 5.41) is 11.4. The Balaban J connectivity index is 1.58. The van der Waals surface area contributed by atoms with E-state index < -0.39 is 35.7 Å². The Labute approximate surface area is 153 Å². The molecule has 8 heteroatoms. The Morgan fingerprint density at radius 3 is 2.59 bits per heavy atom. The molecule has 0 saturated carbocycles. The fraction of sp³-hybridized carbons (Fsp3) is 0.263. The quantitative estimate of drug-likeness (QED) is 0.808. The average molecular weight is 377 g/mol. The monoisotopic (exact) mass is 377 g/mol. The maximum absolute atomic E-state index is 14.2. The average Bonchev–Trinajstić information content (AvgIpc) is 3.12. The summed E-state index contributed by atoms with van der Waals surface area (Å²) in [6.45, 7) is -0.00707. The molecule has 1 aliphatic rings. The molecule has 1 fully saturated rings. The van der Waals surface area contributed by atoms with Crippen LogP contribution < -0.4 is 10.1 Å². The Morgan fingerprint density at radius 2 is 1.93 bits per heavy atom. The molecule has 2 N–H and O–H groups in total. The standard InChI is InChI=1S/C19H17F2NO5/c20-12-3-1-2-11(8-12)10-26-15-5-4-13(9-14(15)21)22-18(23)16-6-7-17(27-16)19(24)25/h1-5,8-9,16-17H,6-7,10H2,(H,22,23)(H,24,25)/t16-,17+/m0/s1. The third-order valence-electron chi connectivity index (χ3n) is 4.07. The van der Waals surface area contributed by atoms with Gasteiger partial charge in [0, 0.05) is 11.8 Å². The van der Waals surface area contributed by atoms with Crippen LogP contribution in [0.2, 0.25) is 0 Å². The van der Waals surface area contributed by atoms with Crippen LogP contribution in [0, 0.1) is 11.6 Å². The van der Waals surface area contributed by atoms with Crippen LogP contribution in [-0.4, -0.2) is 29.2 Å². The molecule has 0 aromatic heterocycles. The second-order valence-corrected chi connectivity index (χ2v) is 6.08. The Morgan fingerprint density at radius 1 is 1.15 bits per heavy atom. The molecule has 1 aliphatic heterocycles. The maximum atomic E-state index is 14.2. The molecule has 1 amide bonds. The molecule has 2 aromatic carbocycles. The first kappa shape index (κ1) is 18.8. The van der Waals surface area contributed by atoms with E-state index in [1.165, 1.54) is 30.3 Å². The number of nitrogens with one attached hydrogen (secondary N) is 1. The number of hydrogen-bond donors (Lipinski definition) is 2. The highest BCUT2D eigenvalue weighted by molar-refractivity contribution is 5.94. The SMILES string of the molecule is O=C(Nc1ccc(OCc2cccc(F)c2)c(F)c1)[C@@H]1CC[C@H](C(=O)O)O1. The van der Waals surface area contributed by atoms with Crippen molar-refractivity contribution in [3.8, 4) is 5.75 Å². The molecule has 6 nitrogen and oxygen atoms in total. The minimum atomic E-state index is -1.11. The van der Waals surface area contributed by atoms with Gasteiger partial charge in [-0.3, -0.25) is 4.79 Å². The number of rotatable bonds is 6. The second kappa shape index (κ2) is 8.13. The van der Waals surface area contributed by atoms with E-state index in [1.54, 1.807) is 6.07 Å². The third kappa shape index (κ3) is 4.79. The molecule has 27 heavy (non-hydrogen) atoms. The van der Waals surface area contributed by atoms with Crippen LogP contribution in [0.5, 0.6) is 5.75 Å². The minimum Gasteiger partial charge on any atom is -0.486 e. The summed E-state index contributed by atoms with van der Waals surface area (Å²) in [7, 11) is 0. The molecule has 1 heterocycles. The summed E-state index contributed by atoms with van der Waals surface area (Å²) in [6, 6.07) is 9.66. The number of carbonyl (C=O) groups excluding carboxylic acids is 1. The predicted octanol–water partition coefficient (Wildman–Crippen LogP) is 3.11. The summed E-state index contributed by atoms with van der Waals surface area (Å²) in [5.74, 6) is -2.79. The zero-order valence-electron chi connectivity index (χ0n) is 14.2. The van der Waals surface area contributed by atoms with Crippen molar-refractivity contribution < 1.29 is 33.0 Å². The normalized spacial score (nSPS) is 18.9. The van der Waals surface area contributed by atoms with Crippen LogP contribution in [0.4, 0.5) is 14.5 Å². The van der Waals surface area contributed by atoms with Gasteiger partial charge in [0.05, 0.1) is 0 Å². The fourth-order valence-corrected chi connectivity index (χ4v) is 2.72. The Hall–Kier alpha value is -3.00. The first-order valence-electron chi connectivity index (χ1n) is 8.28. The number of anilines is 1.